The largest absolute Gasteiger partial charge is 0.467 e. The summed E-state index contributed by atoms with van der Waals surface area (Å²) < 4.78 is 15.2. The summed E-state index contributed by atoms with van der Waals surface area (Å²) in [5, 5.41) is 2.58. The minimum Gasteiger partial charge on any atom is -0.467 e. The van der Waals surface area contributed by atoms with Crippen molar-refractivity contribution in [2.45, 2.75) is 32.9 Å². The van der Waals surface area contributed by atoms with Gasteiger partial charge in [0.1, 0.15) is 25.7 Å². The molecule has 2 atom stereocenters. The fraction of sp³-hybridized carbons (Fsp3) is 0.571. The number of amides is 1. The molecular weight excluding hydrogens is 376 g/mol. The molecule has 1 aliphatic heterocycles. The lowest BCUT2D eigenvalue weighted by Crippen LogP contribution is -3.12. The van der Waals surface area contributed by atoms with Crippen LogP contribution in [0.5, 0.6) is 0 Å². The summed E-state index contributed by atoms with van der Waals surface area (Å²) in [6, 6.07) is 6.43. The lowest BCUT2D eigenvalue weighted by molar-refractivity contribution is -0.921. The maximum Gasteiger partial charge on any atom is 0.338 e. The van der Waals surface area contributed by atoms with Crippen molar-refractivity contribution < 1.29 is 33.5 Å². The number of nitrogens with one attached hydrogen (secondary N) is 2. The summed E-state index contributed by atoms with van der Waals surface area (Å²) in [6.45, 7) is 7.68. The van der Waals surface area contributed by atoms with Crippen molar-refractivity contribution in [2.75, 3.05) is 40.0 Å². The van der Waals surface area contributed by atoms with Crippen LogP contribution < -0.4 is 10.2 Å². The zero-order chi connectivity index (χ0) is 21.2. The molecule has 0 spiro atoms. The molecule has 29 heavy (non-hydrogen) atoms. The van der Waals surface area contributed by atoms with Gasteiger partial charge in [-0.05, 0) is 18.1 Å². The number of hydrogen-bond acceptors (Lipinski definition) is 6. The van der Waals surface area contributed by atoms with Gasteiger partial charge in [-0.25, -0.2) is 9.59 Å². The molecule has 0 unspecified atom stereocenters. The van der Waals surface area contributed by atoms with Gasteiger partial charge in [-0.2, -0.15) is 0 Å². The number of methoxy groups -OCH3 is 1. The molecule has 8 heteroatoms. The molecular formula is C21H31N2O6+. The molecule has 1 aromatic carbocycles. The fourth-order valence-electron chi connectivity index (χ4n) is 3.11. The van der Waals surface area contributed by atoms with Crippen LogP contribution in [0.25, 0.3) is 0 Å². The molecule has 160 valence electrons. The van der Waals surface area contributed by atoms with E-state index >= 15 is 0 Å². The third-order valence-corrected chi connectivity index (χ3v) is 5.16. The number of morpholine rings is 1. The van der Waals surface area contributed by atoms with Crippen LogP contribution >= 0.6 is 0 Å². The Hall–Kier alpha value is -2.45. The van der Waals surface area contributed by atoms with E-state index in [9.17, 15) is 14.4 Å². The number of hydrogen-bond donors (Lipinski definition) is 2. The second kappa shape index (κ2) is 11.5. The Bertz CT molecular complexity index is 685. The summed E-state index contributed by atoms with van der Waals surface area (Å²) in [5.74, 6) is -1.73. The first-order chi connectivity index (χ1) is 13.9. The molecule has 1 amide bonds. The van der Waals surface area contributed by atoms with Crippen LogP contribution in [-0.2, 0) is 30.3 Å². The minimum atomic E-state index is -0.766. The van der Waals surface area contributed by atoms with Gasteiger partial charge < -0.3 is 24.4 Å². The summed E-state index contributed by atoms with van der Waals surface area (Å²) in [5.41, 5.74) is 1.51. The van der Waals surface area contributed by atoms with Crippen molar-refractivity contribution in [1.29, 1.82) is 0 Å². The summed E-state index contributed by atoms with van der Waals surface area (Å²) in [4.78, 5) is 37.6. The van der Waals surface area contributed by atoms with E-state index in [1.54, 1.807) is 12.1 Å². The third kappa shape index (κ3) is 7.14. The maximum absolute atomic E-state index is 12.2. The molecule has 1 heterocycles. The van der Waals surface area contributed by atoms with Crippen LogP contribution in [0.4, 0.5) is 0 Å². The monoisotopic (exact) mass is 407 g/mol. The molecule has 0 aliphatic carbocycles. The van der Waals surface area contributed by atoms with Gasteiger partial charge in [0.15, 0.2) is 6.61 Å². The molecule has 0 aromatic heterocycles. The van der Waals surface area contributed by atoms with Gasteiger partial charge in [0.2, 0.25) is 0 Å². The molecule has 2 N–H and O–H groups in total. The van der Waals surface area contributed by atoms with Crippen molar-refractivity contribution >= 4 is 17.8 Å². The van der Waals surface area contributed by atoms with Gasteiger partial charge in [-0.15, -0.1) is 0 Å². The average Bonchev–Trinajstić information content (AvgIpc) is 2.76. The summed E-state index contributed by atoms with van der Waals surface area (Å²) >= 11 is 0. The van der Waals surface area contributed by atoms with Crippen molar-refractivity contribution in [3.8, 4) is 0 Å². The Morgan fingerprint density at radius 3 is 2.41 bits per heavy atom. The van der Waals surface area contributed by atoms with Crippen LogP contribution in [0.15, 0.2) is 24.3 Å². The Balaban J connectivity index is 1.83. The number of carbonyl (C=O) groups is 3. The number of benzene rings is 1. The molecule has 2 rings (SSSR count). The van der Waals surface area contributed by atoms with Crippen molar-refractivity contribution in [2.24, 2.45) is 5.92 Å². The molecule has 1 saturated heterocycles. The maximum atomic E-state index is 12.2. The normalized spacial score (nSPS) is 16.5. The summed E-state index contributed by atoms with van der Waals surface area (Å²) in [6.07, 6.45) is 0.693. The SMILES string of the molecule is CC[C@H](C)[C@H](NC(=O)COC(=O)c1ccc(C[NH+]2CCOCC2)cc1)C(=O)OC. The molecule has 1 aromatic rings. The first kappa shape index (κ1) is 22.8. The zero-order valence-electron chi connectivity index (χ0n) is 17.4. The van der Waals surface area contributed by atoms with Crippen LogP contribution in [0.1, 0.15) is 36.2 Å². The summed E-state index contributed by atoms with van der Waals surface area (Å²) in [7, 11) is 1.27. The highest BCUT2D eigenvalue weighted by molar-refractivity contribution is 5.92. The second-order valence-corrected chi connectivity index (χ2v) is 7.27. The molecule has 0 radical (unpaired) electrons. The Morgan fingerprint density at radius 2 is 1.83 bits per heavy atom. The van der Waals surface area contributed by atoms with Crippen LogP contribution in [0.2, 0.25) is 0 Å². The molecule has 0 bridgehead atoms. The van der Waals surface area contributed by atoms with Gasteiger partial charge >= 0.3 is 11.9 Å². The predicted molar refractivity (Wildman–Crippen MR) is 105 cm³/mol. The number of rotatable bonds is 9. The zero-order valence-corrected chi connectivity index (χ0v) is 17.4. The Labute approximate surface area is 171 Å². The Kier molecular flexibility index (Phi) is 9.08. The quantitative estimate of drug-likeness (QED) is 0.558. The van der Waals surface area contributed by atoms with Crippen molar-refractivity contribution in [3.05, 3.63) is 35.4 Å². The number of ether oxygens (including phenoxy) is 3. The van der Waals surface area contributed by atoms with E-state index in [0.717, 1.165) is 38.4 Å². The van der Waals surface area contributed by atoms with Crippen LogP contribution in [-0.4, -0.2) is 63.9 Å². The van der Waals surface area contributed by atoms with E-state index in [1.165, 1.54) is 12.0 Å². The first-order valence-electron chi connectivity index (χ1n) is 9.99. The standard InChI is InChI=1S/C21H30N2O6/c1-4-15(2)19(21(26)27-3)22-18(24)14-29-20(25)17-7-5-16(6-8-17)13-23-9-11-28-12-10-23/h5-8,15,19H,4,9-14H2,1-3H3,(H,22,24)/p+1/t15-,19-/m0/s1. The molecule has 1 fully saturated rings. The average molecular weight is 407 g/mol. The number of esters is 2. The minimum absolute atomic E-state index is 0.0942. The van der Waals surface area contributed by atoms with Crippen molar-refractivity contribution in [1.82, 2.24) is 5.32 Å². The first-order valence-corrected chi connectivity index (χ1v) is 9.99. The van der Waals surface area contributed by atoms with Crippen LogP contribution in [0, 0.1) is 5.92 Å². The van der Waals surface area contributed by atoms with E-state index in [-0.39, 0.29) is 5.92 Å². The van der Waals surface area contributed by atoms with E-state index in [1.807, 2.05) is 26.0 Å². The Morgan fingerprint density at radius 1 is 1.17 bits per heavy atom. The second-order valence-electron chi connectivity index (χ2n) is 7.27. The van der Waals surface area contributed by atoms with Gasteiger partial charge in [-0.1, -0.05) is 32.4 Å². The van der Waals surface area contributed by atoms with E-state index in [4.69, 9.17) is 14.2 Å². The lowest BCUT2D eigenvalue weighted by Gasteiger charge is -2.23. The number of quaternary nitrogens is 1. The number of carbonyl (C=O) groups excluding carboxylic acids is 3. The smallest absolute Gasteiger partial charge is 0.338 e. The van der Waals surface area contributed by atoms with E-state index in [2.05, 4.69) is 5.32 Å². The highest BCUT2D eigenvalue weighted by Gasteiger charge is 2.27. The van der Waals surface area contributed by atoms with E-state index < -0.39 is 30.5 Å². The van der Waals surface area contributed by atoms with Gasteiger partial charge in [0.25, 0.3) is 5.91 Å². The molecule has 0 saturated carbocycles. The molecule has 8 nitrogen and oxygen atoms in total. The fourth-order valence-corrected chi connectivity index (χ4v) is 3.11. The third-order valence-electron chi connectivity index (χ3n) is 5.16. The van der Waals surface area contributed by atoms with Gasteiger partial charge in [0.05, 0.1) is 25.9 Å². The topological polar surface area (TPSA) is 95.4 Å². The highest BCUT2D eigenvalue weighted by Crippen LogP contribution is 2.09. The highest BCUT2D eigenvalue weighted by atomic mass is 16.5. The van der Waals surface area contributed by atoms with Gasteiger partial charge in [0, 0.05) is 5.56 Å². The van der Waals surface area contributed by atoms with Crippen LogP contribution in [0.3, 0.4) is 0 Å². The lowest BCUT2D eigenvalue weighted by atomic mass is 9.99. The molecule has 1 aliphatic rings. The van der Waals surface area contributed by atoms with Gasteiger partial charge in [-0.3, -0.25) is 4.79 Å². The predicted octanol–water partition coefficient (Wildman–Crippen LogP) is -0.0376. The van der Waals surface area contributed by atoms with Crippen molar-refractivity contribution in [3.63, 3.8) is 0 Å². The van der Waals surface area contributed by atoms with E-state index in [0.29, 0.717) is 12.0 Å².